The minimum Gasteiger partial charge on any atom is -0.462 e. The summed E-state index contributed by atoms with van der Waals surface area (Å²) in [6.07, 6.45) is 2.23. The minimum atomic E-state index is -0.245. The van der Waals surface area contributed by atoms with Gasteiger partial charge in [0.05, 0.1) is 17.9 Å². The second kappa shape index (κ2) is 12.2. The number of ether oxygens (including phenoxy) is 1. The number of carbonyl (C=O) groups is 1. The lowest BCUT2D eigenvalue weighted by atomic mass is 9.96. The van der Waals surface area contributed by atoms with Gasteiger partial charge < -0.3 is 9.30 Å². The first-order valence-corrected chi connectivity index (χ1v) is 13.3. The van der Waals surface area contributed by atoms with E-state index in [0.717, 1.165) is 35.4 Å². The number of hydrogen-bond donors (Lipinski definition) is 0. The van der Waals surface area contributed by atoms with Gasteiger partial charge in [0.25, 0.3) is 0 Å². The van der Waals surface area contributed by atoms with E-state index in [-0.39, 0.29) is 5.97 Å². The summed E-state index contributed by atoms with van der Waals surface area (Å²) in [5, 5.41) is 0. The SMILES string of the molecule is CCOC(=O)c1c(Cc2ccccc2)c(-c2ccccc2)n(Cc2ccccc2)c1CCc1ccccc1. The molecule has 0 aliphatic carbocycles. The first-order chi connectivity index (χ1) is 18.7. The fraction of sp³-hybridized carbons (Fsp3) is 0.171. The largest absolute Gasteiger partial charge is 0.462 e. The second-order valence-corrected chi connectivity index (χ2v) is 9.46. The van der Waals surface area contributed by atoms with E-state index in [9.17, 15) is 4.79 Å². The Balaban J connectivity index is 1.74. The summed E-state index contributed by atoms with van der Waals surface area (Å²) in [7, 11) is 0. The van der Waals surface area contributed by atoms with Crippen LogP contribution in [-0.2, 0) is 30.5 Å². The van der Waals surface area contributed by atoms with Crippen molar-refractivity contribution < 1.29 is 9.53 Å². The van der Waals surface area contributed by atoms with E-state index < -0.39 is 0 Å². The molecule has 0 saturated carbocycles. The molecule has 0 aliphatic rings. The number of aromatic nitrogens is 1. The van der Waals surface area contributed by atoms with Crippen LogP contribution in [0.4, 0.5) is 0 Å². The van der Waals surface area contributed by atoms with Crippen molar-refractivity contribution in [1.82, 2.24) is 4.57 Å². The van der Waals surface area contributed by atoms with Crippen LogP contribution in [0.2, 0.25) is 0 Å². The van der Waals surface area contributed by atoms with Crippen LogP contribution < -0.4 is 0 Å². The summed E-state index contributed by atoms with van der Waals surface area (Å²) >= 11 is 0. The van der Waals surface area contributed by atoms with Crippen LogP contribution in [0.3, 0.4) is 0 Å². The highest BCUT2D eigenvalue weighted by Crippen LogP contribution is 2.36. The lowest BCUT2D eigenvalue weighted by molar-refractivity contribution is 0.0524. The summed E-state index contributed by atoms with van der Waals surface area (Å²) in [5.41, 5.74) is 8.57. The predicted molar refractivity (Wildman–Crippen MR) is 154 cm³/mol. The van der Waals surface area contributed by atoms with Crippen LogP contribution >= 0.6 is 0 Å². The number of esters is 1. The molecule has 1 aromatic heterocycles. The molecule has 3 heteroatoms. The number of aryl methyl sites for hydroxylation is 1. The monoisotopic (exact) mass is 499 g/mol. The van der Waals surface area contributed by atoms with Crippen molar-refractivity contribution >= 4 is 5.97 Å². The van der Waals surface area contributed by atoms with Gasteiger partial charge in [-0.15, -0.1) is 0 Å². The van der Waals surface area contributed by atoms with E-state index in [1.54, 1.807) is 0 Å². The maximum absolute atomic E-state index is 13.7. The number of nitrogens with zero attached hydrogens (tertiary/aromatic N) is 1. The van der Waals surface area contributed by atoms with Gasteiger partial charge in [0, 0.05) is 18.7 Å². The molecule has 4 aromatic carbocycles. The molecule has 1 heterocycles. The van der Waals surface area contributed by atoms with Crippen molar-refractivity contribution in [3.63, 3.8) is 0 Å². The summed E-state index contributed by atoms with van der Waals surface area (Å²) < 4.78 is 8.06. The second-order valence-electron chi connectivity index (χ2n) is 9.46. The zero-order valence-electron chi connectivity index (χ0n) is 21.8. The van der Waals surface area contributed by atoms with E-state index in [1.165, 1.54) is 16.7 Å². The summed E-state index contributed by atoms with van der Waals surface area (Å²) in [5.74, 6) is -0.245. The topological polar surface area (TPSA) is 31.2 Å². The standard InChI is InChI=1S/C35H33NO2/c1-2-38-35(37)33-31(25-28-17-9-4-10-18-28)34(30-21-13-6-14-22-30)36(26-29-19-11-5-12-20-29)32(33)24-23-27-15-7-3-8-16-27/h3-22H,2,23-26H2,1H3. The van der Waals surface area contributed by atoms with Crippen LogP contribution in [0.5, 0.6) is 0 Å². The van der Waals surface area contributed by atoms with Crippen molar-refractivity contribution in [2.75, 3.05) is 6.61 Å². The van der Waals surface area contributed by atoms with Crippen molar-refractivity contribution in [3.8, 4) is 11.3 Å². The maximum atomic E-state index is 13.7. The van der Waals surface area contributed by atoms with Crippen molar-refractivity contribution in [2.45, 2.75) is 32.7 Å². The zero-order chi connectivity index (χ0) is 26.2. The quantitative estimate of drug-likeness (QED) is 0.184. The third kappa shape index (κ3) is 5.78. The van der Waals surface area contributed by atoms with E-state index in [1.807, 2.05) is 31.2 Å². The molecule has 0 fully saturated rings. The summed E-state index contributed by atoms with van der Waals surface area (Å²) in [6, 6.07) is 41.8. The van der Waals surface area contributed by atoms with Gasteiger partial charge in [-0.1, -0.05) is 121 Å². The van der Waals surface area contributed by atoms with Crippen LogP contribution in [0.1, 0.15) is 45.2 Å². The molecule has 0 saturated heterocycles. The number of hydrogen-bond acceptors (Lipinski definition) is 2. The molecule has 38 heavy (non-hydrogen) atoms. The lowest BCUT2D eigenvalue weighted by Gasteiger charge is -2.16. The van der Waals surface area contributed by atoms with Crippen molar-refractivity contribution in [3.05, 3.63) is 155 Å². The molecule has 0 atom stereocenters. The molecule has 0 N–H and O–H groups in total. The number of benzene rings is 4. The van der Waals surface area contributed by atoms with Crippen LogP contribution in [-0.4, -0.2) is 17.1 Å². The molecule has 5 aromatic rings. The van der Waals surface area contributed by atoms with Gasteiger partial charge in [-0.2, -0.15) is 0 Å². The highest BCUT2D eigenvalue weighted by Gasteiger charge is 2.29. The summed E-state index contributed by atoms with van der Waals surface area (Å²) in [4.78, 5) is 13.7. The Kier molecular flexibility index (Phi) is 8.15. The third-order valence-corrected chi connectivity index (χ3v) is 6.90. The number of carbonyl (C=O) groups excluding carboxylic acids is 1. The molecule has 0 unspecified atom stereocenters. The molecule has 3 nitrogen and oxygen atoms in total. The predicted octanol–water partition coefficient (Wildman–Crippen LogP) is 7.76. The first kappa shape index (κ1) is 25.3. The Morgan fingerprint density at radius 3 is 1.76 bits per heavy atom. The van der Waals surface area contributed by atoms with Crippen molar-refractivity contribution in [2.24, 2.45) is 0 Å². The van der Waals surface area contributed by atoms with E-state index >= 15 is 0 Å². The Morgan fingerprint density at radius 2 is 1.18 bits per heavy atom. The summed E-state index contributed by atoms with van der Waals surface area (Å²) in [6.45, 7) is 2.89. The number of rotatable bonds is 10. The van der Waals surface area contributed by atoms with Crippen LogP contribution in [0, 0.1) is 0 Å². The zero-order valence-corrected chi connectivity index (χ0v) is 21.8. The highest BCUT2D eigenvalue weighted by molar-refractivity contribution is 5.96. The normalized spacial score (nSPS) is 10.9. The molecule has 0 bridgehead atoms. The van der Waals surface area contributed by atoms with E-state index in [2.05, 4.69) is 102 Å². The van der Waals surface area contributed by atoms with Crippen LogP contribution in [0.25, 0.3) is 11.3 Å². The Hall–Kier alpha value is -4.37. The van der Waals surface area contributed by atoms with Crippen LogP contribution in [0.15, 0.2) is 121 Å². The van der Waals surface area contributed by atoms with E-state index in [0.29, 0.717) is 25.1 Å². The van der Waals surface area contributed by atoms with Gasteiger partial charge in [-0.05, 0) is 47.6 Å². The molecule has 0 aliphatic heterocycles. The fourth-order valence-electron chi connectivity index (χ4n) is 5.18. The fourth-order valence-corrected chi connectivity index (χ4v) is 5.18. The van der Waals surface area contributed by atoms with Gasteiger partial charge in [-0.3, -0.25) is 0 Å². The molecule has 0 amide bonds. The lowest BCUT2D eigenvalue weighted by Crippen LogP contribution is -2.13. The van der Waals surface area contributed by atoms with Crippen molar-refractivity contribution in [1.29, 1.82) is 0 Å². The van der Waals surface area contributed by atoms with Gasteiger partial charge in [0.2, 0.25) is 0 Å². The van der Waals surface area contributed by atoms with Gasteiger partial charge in [0.1, 0.15) is 0 Å². The highest BCUT2D eigenvalue weighted by atomic mass is 16.5. The van der Waals surface area contributed by atoms with Gasteiger partial charge in [0.15, 0.2) is 0 Å². The third-order valence-electron chi connectivity index (χ3n) is 6.90. The van der Waals surface area contributed by atoms with Gasteiger partial charge >= 0.3 is 5.97 Å². The Labute approximate surface area is 225 Å². The molecule has 0 spiro atoms. The molecular formula is C35H33NO2. The Morgan fingerprint density at radius 1 is 0.658 bits per heavy atom. The molecule has 5 rings (SSSR count). The average Bonchev–Trinajstić information content (AvgIpc) is 3.26. The Bertz CT molecular complexity index is 1460. The van der Waals surface area contributed by atoms with E-state index in [4.69, 9.17) is 4.74 Å². The molecular weight excluding hydrogens is 466 g/mol. The van der Waals surface area contributed by atoms with Gasteiger partial charge in [-0.25, -0.2) is 4.79 Å². The first-order valence-electron chi connectivity index (χ1n) is 13.3. The smallest absolute Gasteiger partial charge is 0.340 e. The minimum absolute atomic E-state index is 0.245. The molecule has 190 valence electrons. The average molecular weight is 500 g/mol. The maximum Gasteiger partial charge on any atom is 0.340 e. The molecule has 0 radical (unpaired) electrons.